The number of nitrogens with two attached hydrogens (primary N) is 1. The number of nitrogen functional groups attached to an aromatic ring is 1. The first-order chi connectivity index (χ1) is 12.5. The summed E-state index contributed by atoms with van der Waals surface area (Å²) in [5.74, 6) is 6.57. The molecule has 26 heavy (non-hydrogen) atoms. The number of methoxy groups -OCH3 is 1. The standard InChI is InChI=1S/C16H22FN5O2S2/c1-4-21(5-2)14(23)10-26-16-20-19-15(22(16)18)25-9-11-6-7-13(24-3)12(17)8-11/h6-8H,4-5,9-10,18H2,1-3H3. The summed E-state index contributed by atoms with van der Waals surface area (Å²) in [6.45, 7) is 5.22. The maximum atomic E-state index is 13.7. The summed E-state index contributed by atoms with van der Waals surface area (Å²) in [6.07, 6.45) is 0. The molecule has 1 heterocycles. The maximum absolute atomic E-state index is 13.7. The van der Waals surface area contributed by atoms with Crippen LogP contribution in [0.25, 0.3) is 0 Å². The molecule has 7 nitrogen and oxygen atoms in total. The van der Waals surface area contributed by atoms with Crippen molar-refractivity contribution >= 4 is 29.4 Å². The van der Waals surface area contributed by atoms with Gasteiger partial charge in [-0.25, -0.2) is 9.07 Å². The minimum Gasteiger partial charge on any atom is -0.494 e. The van der Waals surface area contributed by atoms with Crippen molar-refractivity contribution < 1.29 is 13.9 Å². The van der Waals surface area contributed by atoms with E-state index in [1.54, 1.807) is 17.0 Å². The van der Waals surface area contributed by atoms with Crippen LogP contribution in [0.5, 0.6) is 5.75 Å². The summed E-state index contributed by atoms with van der Waals surface area (Å²) in [7, 11) is 1.42. The minimum absolute atomic E-state index is 0.0333. The average Bonchev–Trinajstić information content (AvgIpc) is 2.99. The van der Waals surface area contributed by atoms with E-state index < -0.39 is 5.82 Å². The monoisotopic (exact) mass is 399 g/mol. The number of benzene rings is 1. The predicted octanol–water partition coefficient (Wildman–Crippen LogP) is 2.39. The van der Waals surface area contributed by atoms with Crippen LogP contribution in [0.4, 0.5) is 4.39 Å². The van der Waals surface area contributed by atoms with Crippen molar-refractivity contribution in [1.29, 1.82) is 0 Å². The quantitative estimate of drug-likeness (QED) is 0.512. The third-order valence-electron chi connectivity index (χ3n) is 3.66. The minimum atomic E-state index is -0.411. The summed E-state index contributed by atoms with van der Waals surface area (Å²) in [5.41, 5.74) is 0.780. The second-order valence-electron chi connectivity index (χ2n) is 5.25. The van der Waals surface area contributed by atoms with Gasteiger partial charge >= 0.3 is 0 Å². The zero-order valence-corrected chi connectivity index (χ0v) is 16.6. The van der Waals surface area contributed by atoms with E-state index in [0.29, 0.717) is 29.2 Å². The van der Waals surface area contributed by atoms with Crippen molar-refractivity contribution in [3.63, 3.8) is 0 Å². The Morgan fingerprint density at radius 3 is 2.50 bits per heavy atom. The summed E-state index contributed by atoms with van der Waals surface area (Å²) in [4.78, 5) is 13.8. The number of aromatic nitrogens is 3. The van der Waals surface area contributed by atoms with E-state index in [9.17, 15) is 9.18 Å². The lowest BCUT2D eigenvalue weighted by atomic mass is 10.2. The highest BCUT2D eigenvalue weighted by Gasteiger charge is 2.15. The van der Waals surface area contributed by atoms with E-state index in [-0.39, 0.29) is 17.4 Å². The second kappa shape index (κ2) is 9.67. The lowest BCUT2D eigenvalue weighted by Crippen LogP contribution is -2.32. The van der Waals surface area contributed by atoms with Crippen molar-refractivity contribution in [3.05, 3.63) is 29.6 Å². The first kappa shape index (κ1) is 20.4. The van der Waals surface area contributed by atoms with Crippen LogP contribution < -0.4 is 10.6 Å². The van der Waals surface area contributed by atoms with Crippen molar-refractivity contribution in [2.24, 2.45) is 0 Å². The van der Waals surface area contributed by atoms with Gasteiger partial charge < -0.3 is 15.5 Å². The van der Waals surface area contributed by atoms with E-state index in [0.717, 1.165) is 5.56 Å². The zero-order valence-electron chi connectivity index (χ0n) is 14.9. The number of carbonyl (C=O) groups excluding carboxylic acids is 1. The Morgan fingerprint density at radius 1 is 1.27 bits per heavy atom. The molecule has 0 bridgehead atoms. The fourth-order valence-electron chi connectivity index (χ4n) is 2.20. The third kappa shape index (κ3) is 5.04. The number of nitrogens with zero attached hydrogens (tertiary/aromatic N) is 4. The van der Waals surface area contributed by atoms with Crippen molar-refractivity contribution in [3.8, 4) is 5.75 Å². The smallest absolute Gasteiger partial charge is 0.233 e. The number of ether oxygens (including phenoxy) is 1. The van der Waals surface area contributed by atoms with Crippen LogP contribution in [0.1, 0.15) is 19.4 Å². The Kier molecular flexibility index (Phi) is 7.58. The number of halogens is 1. The fraction of sp³-hybridized carbons (Fsp3) is 0.438. The molecule has 1 amide bonds. The Morgan fingerprint density at radius 2 is 1.92 bits per heavy atom. The first-order valence-electron chi connectivity index (χ1n) is 8.06. The van der Waals surface area contributed by atoms with E-state index in [1.807, 2.05) is 13.8 Å². The van der Waals surface area contributed by atoms with Crippen LogP contribution in [0.3, 0.4) is 0 Å². The van der Waals surface area contributed by atoms with Crippen molar-refractivity contribution in [1.82, 2.24) is 19.8 Å². The highest BCUT2D eigenvalue weighted by Crippen LogP contribution is 2.26. The number of hydrogen-bond donors (Lipinski definition) is 1. The van der Waals surface area contributed by atoms with E-state index in [4.69, 9.17) is 10.6 Å². The molecule has 0 spiro atoms. The lowest BCUT2D eigenvalue weighted by Gasteiger charge is -2.17. The molecule has 0 atom stereocenters. The zero-order chi connectivity index (χ0) is 19.1. The Labute approximate surface area is 160 Å². The Bertz CT molecular complexity index is 752. The molecular weight excluding hydrogens is 377 g/mol. The summed E-state index contributed by atoms with van der Waals surface area (Å²) in [6, 6.07) is 4.78. The molecule has 1 aromatic heterocycles. The van der Waals surface area contributed by atoms with Gasteiger partial charge in [-0.15, -0.1) is 10.2 Å². The normalized spacial score (nSPS) is 10.8. The number of amides is 1. The molecule has 2 aromatic rings. The van der Waals surface area contributed by atoms with Gasteiger partial charge in [-0.1, -0.05) is 29.6 Å². The molecule has 0 aliphatic heterocycles. The molecule has 0 saturated carbocycles. The van der Waals surface area contributed by atoms with Crippen LogP contribution in [0.2, 0.25) is 0 Å². The second-order valence-corrected chi connectivity index (χ2v) is 7.13. The molecule has 1 aromatic carbocycles. The van der Waals surface area contributed by atoms with Crippen molar-refractivity contribution in [2.75, 3.05) is 31.8 Å². The molecular formula is C16H22FN5O2S2. The van der Waals surface area contributed by atoms with Gasteiger partial charge in [0.15, 0.2) is 11.6 Å². The lowest BCUT2D eigenvalue weighted by molar-refractivity contribution is -0.127. The Hall–Kier alpha value is -1.94. The van der Waals surface area contributed by atoms with Gasteiger partial charge in [-0.2, -0.15) is 0 Å². The summed E-state index contributed by atoms with van der Waals surface area (Å²) >= 11 is 2.59. The fourth-order valence-corrected chi connectivity index (χ4v) is 3.82. The first-order valence-corrected chi connectivity index (χ1v) is 10.0. The van der Waals surface area contributed by atoms with Gasteiger partial charge in [0.25, 0.3) is 0 Å². The summed E-state index contributed by atoms with van der Waals surface area (Å²) in [5, 5.41) is 9.02. The van der Waals surface area contributed by atoms with Gasteiger partial charge in [0, 0.05) is 18.8 Å². The van der Waals surface area contributed by atoms with E-state index in [2.05, 4.69) is 10.2 Å². The van der Waals surface area contributed by atoms with Crippen LogP contribution >= 0.6 is 23.5 Å². The molecule has 10 heteroatoms. The van der Waals surface area contributed by atoms with Crippen LogP contribution in [0.15, 0.2) is 28.5 Å². The SMILES string of the molecule is CCN(CC)C(=O)CSc1nnc(SCc2ccc(OC)c(F)c2)n1N. The van der Waals surface area contributed by atoms with Gasteiger partial charge in [0.1, 0.15) is 0 Å². The predicted molar refractivity (Wildman–Crippen MR) is 101 cm³/mol. The highest BCUT2D eigenvalue weighted by atomic mass is 32.2. The largest absolute Gasteiger partial charge is 0.494 e. The van der Waals surface area contributed by atoms with E-state index >= 15 is 0 Å². The van der Waals surface area contributed by atoms with E-state index in [1.165, 1.54) is 41.4 Å². The number of rotatable bonds is 9. The van der Waals surface area contributed by atoms with Crippen LogP contribution in [-0.4, -0.2) is 51.6 Å². The van der Waals surface area contributed by atoms with Crippen LogP contribution in [0, 0.1) is 5.82 Å². The highest BCUT2D eigenvalue weighted by molar-refractivity contribution is 8.00. The van der Waals surface area contributed by atoms with Gasteiger partial charge in [0.2, 0.25) is 16.2 Å². The molecule has 0 fully saturated rings. The van der Waals surface area contributed by atoms with Gasteiger partial charge in [-0.05, 0) is 31.5 Å². The topological polar surface area (TPSA) is 86.3 Å². The molecule has 0 radical (unpaired) electrons. The number of hydrogen-bond acceptors (Lipinski definition) is 7. The summed E-state index contributed by atoms with van der Waals surface area (Å²) < 4.78 is 20.0. The third-order valence-corrected chi connectivity index (χ3v) is 5.60. The molecule has 0 saturated heterocycles. The van der Waals surface area contributed by atoms with Crippen molar-refractivity contribution in [2.45, 2.75) is 29.9 Å². The van der Waals surface area contributed by atoms with Gasteiger partial charge in [0.05, 0.1) is 12.9 Å². The molecule has 0 unspecified atom stereocenters. The maximum Gasteiger partial charge on any atom is 0.233 e. The number of thioether (sulfide) groups is 2. The number of carbonyl (C=O) groups is 1. The average molecular weight is 400 g/mol. The molecule has 142 valence electrons. The molecule has 0 aliphatic rings. The van der Waals surface area contributed by atoms with Gasteiger partial charge in [-0.3, -0.25) is 4.79 Å². The molecule has 2 N–H and O–H groups in total. The Balaban J connectivity index is 1.94. The molecule has 0 aliphatic carbocycles. The molecule has 2 rings (SSSR count). The van der Waals surface area contributed by atoms with Crippen LogP contribution in [-0.2, 0) is 10.5 Å².